The van der Waals surface area contributed by atoms with Crippen LogP contribution in [0.3, 0.4) is 0 Å². The lowest BCUT2D eigenvalue weighted by Gasteiger charge is -2.23. The van der Waals surface area contributed by atoms with Crippen LogP contribution in [-0.4, -0.2) is 16.7 Å². The zero-order chi connectivity index (χ0) is 18.8. The summed E-state index contributed by atoms with van der Waals surface area (Å²) in [5.41, 5.74) is -0.822. The molecule has 0 unspecified atom stereocenters. The summed E-state index contributed by atoms with van der Waals surface area (Å²) in [6, 6.07) is 4.48. The molecule has 0 amide bonds. The van der Waals surface area contributed by atoms with Gasteiger partial charge < -0.3 is 4.74 Å². The molecule has 0 N–H and O–H groups in total. The summed E-state index contributed by atoms with van der Waals surface area (Å²) in [6.07, 6.45) is 1.31. The molecule has 0 fully saturated rings. The highest BCUT2D eigenvalue weighted by Gasteiger charge is 2.53. The number of ether oxygens (including phenoxy) is 1. The van der Waals surface area contributed by atoms with Crippen molar-refractivity contribution in [2.45, 2.75) is 32.1 Å². The summed E-state index contributed by atoms with van der Waals surface area (Å²) in [4.78, 5) is 15.1. The Morgan fingerprint density at radius 1 is 1.16 bits per heavy atom. The Morgan fingerprint density at radius 3 is 2.24 bits per heavy atom. The normalized spacial score (nSPS) is 12.1. The highest BCUT2D eigenvalue weighted by atomic mass is 19.3. The zero-order valence-electron chi connectivity index (χ0n) is 13.3. The van der Waals surface area contributed by atoms with Crippen molar-refractivity contribution in [2.75, 3.05) is 0 Å². The topological polar surface area (TPSA) is 39.2 Å². The predicted molar refractivity (Wildman–Crippen MR) is 79.8 cm³/mol. The molecule has 1 aromatic carbocycles. The minimum Gasteiger partial charge on any atom is -0.436 e. The molecular formula is C17H14F5NO2. The number of hydrogen-bond acceptors (Lipinski definition) is 3. The van der Waals surface area contributed by atoms with E-state index in [0.29, 0.717) is 0 Å². The molecule has 1 aromatic heterocycles. The number of alkyl halides is 4. The van der Waals surface area contributed by atoms with Crippen LogP contribution >= 0.6 is 0 Å². The molecule has 134 valence electrons. The van der Waals surface area contributed by atoms with Crippen LogP contribution in [0.4, 0.5) is 22.0 Å². The van der Waals surface area contributed by atoms with Crippen LogP contribution in [0, 0.1) is 5.82 Å². The van der Waals surface area contributed by atoms with Crippen LogP contribution < -0.4 is 4.74 Å². The van der Waals surface area contributed by atoms with Crippen LogP contribution in [-0.2, 0) is 5.92 Å². The quantitative estimate of drug-likeness (QED) is 0.515. The number of carbonyl (C=O) groups is 1. The average Bonchev–Trinajstić information content (AvgIpc) is 2.55. The number of halogens is 5. The molecule has 0 aliphatic rings. The smallest absolute Gasteiger partial charge is 0.335 e. The number of carbonyl (C=O) groups excluding carboxylic acids is 1. The first-order valence-electron chi connectivity index (χ1n) is 7.29. The van der Waals surface area contributed by atoms with Gasteiger partial charge in [-0.1, -0.05) is 6.92 Å². The maximum absolute atomic E-state index is 13.9. The molecule has 0 spiro atoms. The van der Waals surface area contributed by atoms with E-state index in [2.05, 4.69) is 4.98 Å². The Morgan fingerprint density at radius 2 is 1.76 bits per heavy atom. The lowest BCUT2D eigenvalue weighted by molar-refractivity contribution is -0.204. The summed E-state index contributed by atoms with van der Waals surface area (Å²) >= 11 is 0. The fourth-order valence-electron chi connectivity index (χ4n) is 1.95. The molecule has 8 heteroatoms. The van der Waals surface area contributed by atoms with Crippen molar-refractivity contribution in [2.24, 2.45) is 0 Å². The first-order valence-corrected chi connectivity index (χ1v) is 7.29. The van der Waals surface area contributed by atoms with Gasteiger partial charge in [-0.15, -0.1) is 0 Å². The number of benzene rings is 1. The molecule has 0 atom stereocenters. The first kappa shape index (κ1) is 18.8. The Bertz CT molecular complexity index is 770. The van der Waals surface area contributed by atoms with Crippen molar-refractivity contribution in [3.63, 3.8) is 0 Å². The van der Waals surface area contributed by atoms with Crippen LogP contribution in [0.15, 0.2) is 36.5 Å². The zero-order valence-corrected chi connectivity index (χ0v) is 13.3. The second-order valence-corrected chi connectivity index (χ2v) is 5.38. The molecule has 0 saturated carbocycles. The van der Waals surface area contributed by atoms with Gasteiger partial charge in [0.05, 0.1) is 0 Å². The maximum Gasteiger partial charge on any atom is 0.335 e. The van der Waals surface area contributed by atoms with Crippen LogP contribution in [0.25, 0.3) is 0 Å². The third-order valence-corrected chi connectivity index (χ3v) is 3.43. The number of rotatable bonds is 6. The van der Waals surface area contributed by atoms with Gasteiger partial charge in [0.2, 0.25) is 0 Å². The molecule has 0 bridgehead atoms. The van der Waals surface area contributed by atoms with Gasteiger partial charge in [0.15, 0.2) is 11.6 Å². The summed E-state index contributed by atoms with van der Waals surface area (Å²) in [5.74, 6) is -10.3. The van der Waals surface area contributed by atoms with Gasteiger partial charge in [0.1, 0.15) is 5.75 Å². The first-order chi connectivity index (χ1) is 11.6. The van der Waals surface area contributed by atoms with Gasteiger partial charge in [-0.05, 0) is 30.3 Å². The van der Waals surface area contributed by atoms with Crippen molar-refractivity contribution in [3.8, 4) is 11.6 Å². The van der Waals surface area contributed by atoms with Crippen LogP contribution in [0.1, 0.15) is 36.2 Å². The molecule has 0 saturated heterocycles. The fraction of sp³-hybridized carbons (Fsp3) is 0.294. The summed E-state index contributed by atoms with van der Waals surface area (Å²) in [7, 11) is 0. The minimum absolute atomic E-state index is 0.0695. The molecule has 0 aliphatic heterocycles. The van der Waals surface area contributed by atoms with E-state index in [1.807, 2.05) is 0 Å². The van der Waals surface area contributed by atoms with E-state index >= 15 is 0 Å². The Labute approximate surface area is 140 Å². The number of ketones is 1. The summed E-state index contributed by atoms with van der Waals surface area (Å²) in [6.45, 7) is 1.73. The van der Waals surface area contributed by atoms with Crippen molar-refractivity contribution < 1.29 is 31.5 Å². The van der Waals surface area contributed by atoms with Gasteiger partial charge >= 0.3 is 11.8 Å². The monoisotopic (exact) mass is 359 g/mol. The number of nitrogens with zero attached hydrogens (tertiary/aromatic N) is 1. The number of pyridine rings is 1. The summed E-state index contributed by atoms with van der Waals surface area (Å²) in [5, 5.41) is 0. The maximum atomic E-state index is 13.9. The van der Waals surface area contributed by atoms with Crippen molar-refractivity contribution in [1.29, 1.82) is 0 Å². The predicted octanol–water partition coefficient (Wildman–Crippen LogP) is 5.35. The van der Waals surface area contributed by atoms with E-state index in [9.17, 15) is 26.7 Å². The van der Waals surface area contributed by atoms with E-state index in [1.54, 1.807) is 6.92 Å². The third-order valence-electron chi connectivity index (χ3n) is 3.43. The van der Waals surface area contributed by atoms with Crippen molar-refractivity contribution >= 4 is 5.78 Å². The molecule has 2 aromatic rings. The van der Waals surface area contributed by atoms with E-state index in [0.717, 1.165) is 36.5 Å². The second-order valence-electron chi connectivity index (χ2n) is 5.38. The Kier molecular flexibility index (Phi) is 5.10. The largest absolute Gasteiger partial charge is 0.436 e. The molecule has 25 heavy (non-hydrogen) atoms. The van der Waals surface area contributed by atoms with E-state index in [-0.39, 0.29) is 30.4 Å². The highest BCUT2D eigenvalue weighted by molar-refractivity contribution is 5.95. The van der Waals surface area contributed by atoms with Gasteiger partial charge in [-0.3, -0.25) is 4.79 Å². The van der Waals surface area contributed by atoms with Gasteiger partial charge in [-0.2, -0.15) is 17.6 Å². The molecule has 0 radical (unpaired) electrons. The standard InChI is InChI=1S/C17H14F5NO2/c1-3-14(24)10-8-13(18)15(23-9-10)25-12-6-4-11(5-7-12)17(21,22)16(2,19)20/h4-9H,3H2,1-2H3. The summed E-state index contributed by atoms with van der Waals surface area (Å²) < 4.78 is 72.0. The molecule has 1 heterocycles. The Balaban J connectivity index is 2.21. The van der Waals surface area contributed by atoms with E-state index in [1.165, 1.54) is 0 Å². The van der Waals surface area contributed by atoms with Crippen LogP contribution in [0.5, 0.6) is 11.6 Å². The third kappa shape index (κ3) is 3.94. The lowest BCUT2D eigenvalue weighted by Crippen LogP contribution is -2.34. The average molecular weight is 359 g/mol. The highest BCUT2D eigenvalue weighted by Crippen LogP contribution is 2.42. The van der Waals surface area contributed by atoms with Gasteiger partial charge in [0.25, 0.3) is 5.88 Å². The van der Waals surface area contributed by atoms with Gasteiger partial charge in [0, 0.05) is 30.7 Å². The lowest BCUT2D eigenvalue weighted by atomic mass is 10.0. The molecule has 0 aliphatic carbocycles. The molecular weight excluding hydrogens is 345 g/mol. The number of hydrogen-bond donors (Lipinski definition) is 0. The second kappa shape index (κ2) is 6.78. The number of aromatic nitrogens is 1. The molecule has 2 rings (SSSR count). The van der Waals surface area contributed by atoms with Gasteiger partial charge in [-0.25, -0.2) is 9.37 Å². The van der Waals surface area contributed by atoms with E-state index < -0.39 is 29.1 Å². The number of Topliss-reactive ketones (excluding diaryl/α,β-unsaturated/α-hetero) is 1. The minimum atomic E-state index is -4.35. The Hall–Kier alpha value is -2.51. The van der Waals surface area contributed by atoms with Crippen molar-refractivity contribution in [1.82, 2.24) is 4.98 Å². The molecule has 3 nitrogen and oxygen atoms in total. The van der Waals surface area contributed by atoms with Crippen molar-refractivity contribution in [3.05, 3.63) is 53.5 Å². The van der Waals surface area contributed by atoms with Crippen LogP contribution in [0.2, 0.25) is 0 Å². The van der Waals surface area contributed by atoms with E-state index in [4.69, 9.17) is 4.74 Å². The SMILES string of the molecule is CCC(=O)c1cnc(Oc2ccc(C(F)(F)C(C)(F)F)cc2)c(F)c1. The fourth-order valence-corrected chi connectivity index (χ4v) is 1.95.